The minimum Gasteiger partial charge on any atom is -0.459 e. The molecular formula is C25H34N4O4. The third kappa shape index (κ3) is 7.17. The van der Waals surface area contributed by atoms with Gasteiger partial charge in [-0.1, -0.05) is 33.1 Å². The molecule has 0 aliphatic heterocycles. The molecule has 2 aromatic rings. The molecule has 1 fully saturated rings. The fraction of sp³-hybridized carbons (Fsp3) is 0.520. The van der Waals surface area contributed by atoms with Gasteiger partial charge in [0.1, 0.15) is 6.04 Å². The van der Waals surface area contributed by atoms with Gasteiger partial charge in [0.15, 0.2) is 5.76 Å². The summed E-state index contributed by atoms with van der Waals surface area (Å²) in [5.74, 6) is -0.502. The first-order valence-electron chi connectivity index (χ1n) is 11.8. The molecule has 1 aliphatic carbocycles. The molecule has 0 radical (unpaired) electrons. The van der Waals surface area contributed by atoms with E-state index in [1.165, 1.54) is 18.8 Å². The summed E-state index contributed by atoms with van der Waals surface area (Å²) in [7, 11) is 0. The van der Waals surface area contributed by atoms with E-state index in [0.29, 0.717) is 18.0 Å². The van der Waals surface area contributed by atoms with Crippen LogP contribution in [0.15, 0.2) is 47.3 Å². The maximum absolute atomic E-state index is 13.5. The molecule has 8 nitrogen and oxygen atoms in total. The maximum atomic E-state index is 13.5. The Hall–Kier alpha value is -3.16. The van der Waals surface area contributed by atoms with Crippen molar-refractivity contribution in [3.63, 3.8) is 0 Å². The number of nitrogens with one attached hydrogen (secondary N) is 2. The van der Waals surface area contributed by atoms with Crippen LogP contribution in [0.25, 0.3) is 0 Å². The predicted molar refractivity (Wildman–Crippen MR) is 124 cm³/mol. The monoisotopic (exact) mass is 454 g/mol. The molecule has 3 amide bonds. The van der Waals surface area contributed by atoms with Crippen LogP contribution in [0.4, 0.5) is 0 Å². The molecule has 8 heteroatoms. The Morgan fingerprint density at radius 1 is 1.12 bits per heavy atom. The van der Waals surface area contributed by atoms with Crippen LogP contribution < -0.4 is 10.6 Å². The van der Waals surface area contributed by atoms with Crippen molar-refractivity contribution in [2.75, 3.05) is 13.1 Å². The van der Waals surface area contributed by atoms with Crippen LogP contribution in [0.1, 0.15) is 74.5 Å². The van der Waals surface area contributed by atoms with Gasteiger partial charge in [0, 0.05) is 25.0 Å². The predicted octanol–water partition coefficient (Wildman–Crippen LogP) is 3.47. The van der Waals surface area contributed by atoms with Crippen LogP contribution in [0.2, 0.25) is 0 Å². The zero-order chi connectivity index (χ0) is 23.6. The summed E-state index contributed by atoms with van der Waals surface area (Å²) in [6.45, 7) is 4.32. The zero-order valence-electron chi connectivity index (χ0n) is 19.5. The Kier molecular flexibility index (Phi) is 9.04. The number of hydrogen-bond donors (Lipinski definition) is 2. The van der Waals surface area contributed by atoms with Crippen molar-refractivity contribution in [1.82, 2.24) is 20.5 Å². The maximum Gasteiger partial charge on any atom is 0.287 e. The van der Waals surface area contributed by atoms with E-state index in [-0.39, 0.29) is 30.2 Å². The van der Waals surface area contributed by atoms with Gasteiger partial charge >= 0.3 is 0 Å². The van der Waals surface area contributed by atoms with Gasteiger partial charge < -0.3 is 20.0 Å². The van der Waals surface area contributed by atoms with E-state index in [9.17, 15) is 14.4 Å². The third-order valence-electron chi connectivity index (χ3n) is 5.95. The van der Waals surface area contributed by atoms with E-state index >= 15 is 0 Å². The molecule has 0 spiro atoms. The van der Waals surface area contributed by atoms with Crippen molar-refractivity contribution in [2.24, 2.45) is 5.92 Å². The number of carbonyl (C=O) groups is 3. The molecule has 0 aromatic carbocycles. The highest BCUT2D eigenvalue weighted by atomic mass is 16.3. The molecule has 2 aromatic heterocycles. The molecular weight excluding hydrogens is 420 g/mol. The lowest BCUT2D eigenvalue weighted by molar-refractivity contribution is -0.140. The summed E-state index contributed by atoms with van der Waals surface area (Å²) in [5, 5.41) is 5.78. The lowest BCUT2D eigenvalue weighted by atomic mass is 9.94. The van der Waals surface area contributed by atoms with Gasteiger partial charge in [0.05, 0.1) is 12.8 Å². The van der Waals surface area contributed by atoms with E-state index in [1.54, 1.807) is 35.5 Å². The van der Waals surface area contributed by atoms with Crippen molar-refractivity contribution >= 4 is 17.7 Å². The highest BCUT2D eigenvalue weighted by Gasteiger charge is 2.33. The summed E-state index contributed by atoms with van der Waals surface area (Å²) in [6.07, 6.45) is 10.7. The topological polar surface area (TPSA) is 105 Å². The largest absolute Gasteiger partial charge is 0.459 e. The first-order chi connectivity index (χ1) is 16.0. The molecule has 178 valence electrons. The summed E-state index contributed by atoms with van der Waals surface area (Å²) in [5.41, 5.74) is 0.702. The average molecular weight is 455 g/mol. The van der Waals surface area contributed by atoms with E-state index in [0.717, 1.165) is 32.1 Å². The molecule has 1 aliphatic rings. The first kappa shape index (κ1) is 24.5. The Morgan fingerprint density at radius 3 is 2.48 bits per heavy atom. The second-order valence-electron chi connectivity index (χ2n) is 8.96. The van der Waals surface area contributed by atoms with Crippen molar-refractivity contribution in [1.29, 1.82) is 0 Å². The highest BCUT2D eigenvalue weighted by molar-refractivity contribution is 5.95. The molecule has 0 saturated heterocycles. The van der Waals surface area contributed by atoms with Crippen molar-refractivity contribution < 1.29 is 18.8 Å². The Balaban J connectivity index is 1.80. The number of amides is 3. The van der Waals surface area contributed by atoms with Crippen LogP contribution in [0, 0.1) is 5.92 Å². The molecule has 33 heavy (non-hydrogen) atoms. The molecule has 2 N–H and O–H groups in total. The quantitative estimate of drug-likeness (QED) is 0.572. The second kappa shape index (κ2) is 12.2. The lowest BCUT2D eigenvalue weighted by Gasteiger charge is -2.34. The highest BCUT2D eigenvalue weighted by Crippen LogP contribution is 2.24. The molecule has 1 saturated carbocycles. The fourth-order valence-corrected chi connectivity index (χ4v) is 4.09. The van der Waals surface area contributed by atoms with Gasteiger partial charge in [0.2, 0.25) is 11.8 Å². The smallest absolute Gasteiger partial charge is 0.287 e. The number of pyridine rings is 1. The Labute approximate surface area is 195 Å². The normalized spacial score (nSPS) is 15.1. The molecule has 1 unspecified atom stereocenters. The van der Waals surface area contributed by atoms with E-state index in [2.05, 4.69) is 29.5 Å². The van der Waals surface area contributed by atoms with Gasteiger partial charge in [-0.3, -0.25) is 19.4 Å². The molecule has 2 heterocycles. The minimum absolute atomic E-state index is 0.122. The number of furan rings is 1. The fourth-order valence-electron chi connectivity index (χ4n) is 4.09. The van der Waals surface area contributed by atoms with Crippen molar-refractivity contribution in [3.05, 3.63) is 54.2 Å². The van der Waals surface area contributed by atoms with Crippen molar-refractivity contribution in [3.8, 4) is 0 Å². The van der Waals surface area contributed by atoms with Crippen LogP contribution in [0.5, 0.6) is 0 Å². The van der Waals surface area contributed by atoms with Crippen LogP contribution >= 0.6 is 0 Å². The molecule has 3 rings (SSSR count). The Morgan fingerprint density at radius 2 is 1.85 bits per heavy atom. The molecule has 1 atom stereocenters. The van der Waals surface area contributed by atoms with Gasteiger partial charge in [0.25, 0.3) is 5.91 Å². The number of carbonyl (C=O) groups excluding carboxylic acids is 3. The minimum atomic E-state index is -0.790. The average Bonchev–Trinajstić information content (AvgIpc) is 3.36. The third-order valence-corrected chi connectivity index (χ3v) is 5.95. The van der Waals surface area contributed by atoms with E-state index in [1.807, 2.05) is 0 Å². The van der Waals surface area contributed by atoms with Crippen molar-refractivity contribution in [2.45, 2.75) is 64.5 Å². The van der Waals surface area contributed by atoms with Crippen LogP contribution in [-0.2, 0) is 9.59 Å². The van der Waals surface area contributed by atoms with Gasteiger partial charge in [-0.25, -0.2) is 0 Å². The van der Waals surface area contributed by atoms with Gasteiger partial charge in [-0.05, 0) is 55.0 Å². The lowest BCUT2D eigenvalue weighted by Crippen LogP contribution is -2.49. The molecule has 0 bridgehead atoms. The van der Waals surface area contributed by atoms with E-state index < -0.39 is 11.9 Å². The number of aromatic nitrogens is 1. The number of rotatable bonds is 10. The number of hydrogen-bond acceptors (Lipinski definition) is 5. The number of nitrogens with zero attached hydrogens (tertiary/aromatic N) is 2. The summed E-state index contributed by atoms with van der Waals surface area (Å²) in [4.78, 5) is 44.7. The first-order valence-corrected chi connectivity index (χ1v) is 11.8. The zero-order valence-corrected chi connectivity index (χ0v) is 19.5. The summed E-state index contributed by atoms with van der Waals surface area (Å²) >= 11 is 0. The van der Waals surface area contributed by atoms with Gasteiger partial charge in [-0.2, -0.15) is 0 Å². The summed E-state index contributed by atoms with van der Waals surface area (Å²) in [6, 6.07) is 6.01. The van der Waals surface area contributed by atoms with Crippen LogP contribution in [0.3, 0.4) is 0 Å². The summed E-state index contributed by atoms with van der Waals surface area (Å²) < 4.78 is 5.10. The van der Waals surface area contributed by atoms with Crippen LogP contribution in [-0.4, -0.2) is 46.7 Å². The SMILES string of the molecule is CC(C)CCN(C(=O)CNC(=O)c1ccco1)C(C(=O)NC1CCCCC1)c1ccncc1. The van der Waals surface area contributed by atoms with Gasteiger partial charge in [-0.15, -0.1) is 0 Å². The Bertz CT molecular complexity index is 892. The standard InChI is InChI=1S/C25H34N4O4/c1-18(2)12-15-29(22(30)17-27-24(31)21-9-6-16-33-21)23(19-10-13-26-14-11-19)25(32)28-20-7-4-3-5-8-20/h6,9-11,13-14,16,18,20,23H,3-5,7-8,12,15,17H2,1-2H3,(H,27,31)(H,28,32). The second-order valence-corrected chi connectivity index (χ2v) is 8.96. The van der Waals surface area contributed by atoms with E-state index in [4.69, 9.17) is 4.42 Å².